The van der Waals surface area contributed by atoms with Gasteiger partial charge in [-0.2, -0.15) is 47.0 Å². The lowest BCUT2D eigenvalue weighted by molar-refractivity contribution is 1.08. The van der Waals surface area contributed by atoms with Crippen molar-refractivity contribution in [1.29, 1.82) is 0 Å². The highest BCUT2D eigenvalue weighted by molar-refractivity contribution is 8.08. The van der Waals surface area contributed by atoms with Crippen LogP contribution >= 0.6 is 47.0 Å². The second kappa shape index (κ2) is 6.87. The molecule has 1 unspecified atom stereocenters. The van der Waals surface area contributed by atoms with Crippen LogP contribution in [0.15, 0.2) is 24.3 Å². The Hall–Kier alpha value is 0.620. The predicted molar refractivity (Wildman–Crippen MR) is 91.3 cm³/mol. The first-order valence-electron chi connectivity index (χ1n) is 6.36. The fourth-order valence-electron chi connectivity index (χ4n) is 1.73. The molecule has 1 aromatic carbocycles. The molecule has 0 aromatic heterocycles. The van der Waals surface area contributed by atoms with Crippen molar-refractivity contribution in [1.82, 2.24) is 0 Å². The quantitative estimate of drug-likeness (QED) is 0.684. The lowest BCUT2D eigenvalue weighted by atomic mass is 10.2. The van der Waals surface area contributed by atoms with Crippen LogP contribution in [-0.2, 0) is 11.5 Å². The molecule has 0 radical (unpaired) electrons. The van der Waals surface area contributed by atoms with Gasteiger partial charge in [0, 0.05) is 45.0 Å². The van der Waals surface area contributed by atoms with Gasteiger partial charge in [-0.3, -0.25) is 0 Å². The minimum Gasteiger partial charge on any atom is -0.160 e. The number of hydrogen-bond donors (Lipinski definition) is 0. The number of thioether (sulfide) groups is 4. The van der Waals surface area contributed by atoms with Crippen molar-refractivity contribution in [2.75, 3.05) is 23.0 Å². The van der Waals surface area contributed by atoms with E-state index in [0.29, 0.717) is 0 Å². The average molecular weight is 315 g/mol. The lowest BCUT2D eigenvalue weighted by Gasteiger charge is -2.24. The summed E-state index contributed by atoms with van der Waals surface area (Å²) in [7, 11) is 0. The predicted octanol–water partition coefficient (Wildman–Crippen LogP) is 4.38. The van der Waals surface area contributed by atoms with Gasteiger partial charge >= 0.3 is 0 Å². The summed E-state index contributed by atoms with van der Waals surface area (Å²) >= 11 is 8.38. The third kappa shape index (κ3) is 4.32. The van der Waals surface area contributed by atoms with Crippen LogP contribution in [0.2, 0.25) is 0 Å². The van der Waals surface area contributed by atoms with Crippen LogP contribution in [0.3, 0.4) is 0 Å². The molecule has 0 nitrogen and oxygen atoms in total. The van der Waals surface area contributed by atoms with Crippen molar-refractivity contribution in [2.24, 2.45) is 0 Å². The molecular formula is C14H18S4. The molecule has 2 heterocycles. The first-order chi connectivity index (χ1) is 8.90. The highest BCUT2D eigenvalue weighted by Crippen LogP contribution is 2.34. The van der Waals surface area contributed by atoms with E-state index in [4.69, 9.17) is 0 Å². The van der Waals surface area contributed by atoms with E-state index >= 15 is 0 Å². The van der Waals surface area contributed by atoms with Crippen molar-refractivity contribution in [3.05, 3.63) is 35.4 Å². The summed E-state index contributed by atoms with van der Waals surface area (Å²) in [5, 5.41) is 1.88. The Morgan fingerprint density at radius 1 is 1.00 bits per heavy atom. The van der Waals surface area contributed by atoms with Crippen LogP contribution < -0.4 is 0 Å². The molecule has 0 saturated carbocycles. The summed E-state index contributed by atoms with van der Waals surface area (Å²) in [6.07, 6.45) is 0. The van der Waals surface area contributed by atoms with Crippen LogP contribution in [0.25, 0.3) is 0 Å². The first-order valence-corrected chi connectivity index (χ1v) is 10.8. The van der Waals surface area contributed by atoms with Gasteiger partial charge in [0.15, 0.2) is 0 Å². The third-order valence-corrected chi connectivity index (χ3v) is 8.45. The molecule has 0 spiro atoms. The fourth-order valence-corrected chi connectivity index (χ4v) is 6.13. The monoisotopic (exact) mass is 314 g/mol. The topological polar surface area (TPSA) is 0 Å². The summed E-state index contributed by atoms with van der Waals surface area (Å²) in [4.78, 5) is 0. The SMILES string of the molecule is c1cc(CSC2CSC2)ccc1CSCC1CS1. The van der Waals surface area contributed by atoms with Gasteiger partial charge in [0.25, 0.3) is 0 Å². The minimum absolute atomic E-state index is 0.918. The third-order valence-electron chi connectivity index (χ3n) is 3.09. The molecule has 18 heavy (non-hydrogen) atoms. The zero-order chi connectivity index (χ0) is 12.2. The summed E-state index contributed by atoms with van der Waals surface area (Å²) < 4.78 is 0. The summed E-state index contributed by atoms with van der Waals surface area (Å²) in [5.74, 6) is 7.82. The molecule has 4 heteroatoms. The van der Waals surface area contributed by atoms with Gasteiger partial charge in [0.05, 0.1) is 0 Å². The molecule has 2 saturated heterocycles. The number of benzene rings is 1. The van der Waals surface area contributed by atoms with Crippen molar-refractivity contribution in [3.63, 3.8) is 0 Å². The Morgan fingerprint density at radius 2 is 1.67 bits per heavy atom. The Labute approximate surface area is 127 Å². The molecule has 98 valence electrons. The van der Waals surface area contributed by atoms with Crippen LogP contribution in [-0.4, -0.2) is 33.5 Å². The van der Waals surface area contributed by atoms with Gasteiger partial charge in [-0.25, -0.2) is 0 Å². The zero-order valence-corrected chi connectivity index (χ0v) is 13.6. The molecule has 0 N–H and O–H groups in total. The minimum atomic E-state index is 0.918. The van der Waals surface area contributed by atoms with E-state index in [1.165, 1.54) is 45.6 Å². The molecule has 3 rings (SSSR count). The molecule has 0 bridgehead atoms. The van der Waals surface area contributed by atoms with Crippen molar-refractivity contribution < 1.29 is 0 Å². The first kappa shape index (κ1) is 13.6. The van der Waals surface area contributed by atoms with Gasteiger partial charge < -0.3 is 0 Å². The summed E-state index contributed by atoms with van der Waals surface area (Å²) in [6, 6.07) is 9.28. The fraction of sp³-hybridized carbons (Fsp3) is 0.571. The van der Waals surface area contributed by atoms with E-state index in [1.54, 1.807) is 0 Å². The molecule has 2 aliphatic rings. The van der Waals surface area contributed by atoms with Crippen LogP contribution in [0.1, 0.15) is 11.1 Å². The maximum Gasteiger partial charge on any atom is 0.0232 e. The number of rotatable bonds is 7. The molecule has 2 aliphatic heterocycles. The van der Waals surface area contributed by atoms with Crippen LogP contribution in [0.5, 0.6) is 0 Å². The van der Waals surface area contributed by atoms with Gasteiger partial charge in [0.2, 0.25) is 0 Å². The smallest absolute Gasteiger partial charge is 0.0232 e. The van der Waals surface area contributed by atoms with Crippen LogP contribution in [0, 0.1) is 0 Å². The van der Waals surface area contributed by atoms with Gasteiger partial charge in [-0.15, -0.1) is 0 Å². The summed E-state index contributed by atoms with van der Waals surface area (Å²) in [5.41, 5.74) is 2.97. The van der Waals surface area contributed by atoms with E-state index in [2.05, 4.69) is 71.3 Å². The highest BCUT2D eigenvalue weighted by atomic mass is 32.2. The summed E-state index contributed by atoms with van der Waals surface area (Å²) in [6.45, 7) is 0. The van der Waals surface area contributed by atoms with Crippen molar-refractivity contribution >= 4 is 47.0 Å². The van der Waals surface area contributed by atoms with E-state index in [-0.39, 0.29) is 0 Å². The standard InChI is InChI=1S/C14H18S4/c1-3-12(6-17-13-7-16-8-13)4-2-11(1)5-15-9-14-10-18-14/h1-4,13-14H,5-10H2. The van der Waals surface area contributed by atoms with Gasteiger partial charge in [-0.05, 0) is 11.1 Å². The maximum atomic E-state index is 2.32. The molecule has 2 fully saturated rings. The Morgan fingerprint density at radius 3 is 2.22 bits per heavy atom. The zero-order valence-electron chi connectivity index (χ0n) is 10.3. The second-order valence-corrected chi connectivity index (χ2v) is 9.48. The van der Waals surface area contributed by atoms with E-state index in [1.807, 2.05) is 0 Å². The Bertz CT molecular complexity index is 368. The molecule has 0 aliphatic carbocycles. The normalized spacial score (nSPS) is 22.8. The Balaban J connectivity index is 1.39. The maximum absolute atomic E-state index is 2.32. The molecule has 1 aromatic rings. The van der Waals surface area contributed by atoms with E-state index < -0.39 is 0 Å². The van der Waals surface area contributed by atoms with E-state index in [0.717, 1.165) is 10.5 Å². The average Bonchev–Trinajstić information content (AvgIpc) is 3.13. The lowest BCUT2D eigenvalue weighted by Crippen LogP contribution is -2.20. The molecule has 1 atom stereocenters. The van der Waals surface area contributed by atoms with Gasteiger partial charge in [-0.1, -0.05) is 24.3 Å². The molecular weight excluding hydrogens is 296 g/mol. The number of hydrogen-bond acceptors (Lipinski definition) is 4. The highest BCUT2D eigenvalue weighted by Gasteiger charge is 2.21. The second-order valence-electron chi connectivity index (χ2n) is 4.76. The van der Waals surface area contributed by atoms with E-state index in [9.17, 15) is 0 Å². The van der Waals surface area contributed by atoms with Gasteiger partial charge in [0.1, 0.15) is 0 Å². The van der Waals surface area contributed by atoms with Crippen molar-refractivity contribution in [2.45, 2.75) is 22.0 Å². The Kier molecular flexibility index (Phi) is 5.19. The largest absolute Gasteiger partial charge is 0.160 e. The van der Waals surface area contributed by atoms with Crippen LogP contribution in [0.4, 0.5) is 0 Å². The molecule has 0 amide bonds. The van der Waals surface area contributed by atoms with Crippen molar-refractivity contribution in [3.8, 4) is 0 Å².